The highest BCUT2D eigenvalue weighted by Gasteiger charge is 2.31. The third kappa shape index (κ3) is 6.35. The quantitative estimate of drug-likeness (QED) is 0.626. The fourth-order valence-corrected chi connectivity index (χ4v) is 5.57. The molecule has 1 aliphatic carbocycles. The third-order valence-electron chi connectivity index (χ3n) is 5.27. The molecule has 1 aliphatic rings. The van der Waals surface area contributed by atoms with Crippen molar-refractivity contribution in [2.24, 2.45) is 0 Å². The summed E-state index contributed by atoms with van der Waals surface area (Å²) in [6, 6.07) is 9.80. The average Bonchev–Trinajstić information content (AvgIpc) is 3.20. The molecule has 29 heavy (non-hydrogen) atoms. The molecule has 8 heteroatoms. The Morgan fingerprint density at radius 1 is 1.10 bits per heavy atom. The van der Waals surface area contributed by atoms with Crippen LogP contribution < -0.4 is 0 Å². The van der Waals surface area contributed by atoms with Gasteiger partial charge in [0.15, 0.2) is 0 Å². The van der Waals surface area contributed by atoms with E-state index in [4.69, 9.17) is 0 Å². The fourth-order valence-electron chi connectivity index (χ4n) is 3.75. The fraction of sp³-hybridized carbons (Fsp3) is 0.476. The van der Waals surface area contributed by atoms with E-state index in [1.165, 1.54) is 22.7 Å². The van der Waals surface area contributed by atoms with Gasteiger partial charge < -0.3 is 4.90 Å². The predicted octanol–water partition coefficient (Wildman–Crippen LogP) is 4.01. The van der Waals surface area contributed by atoms with Gasteiger partial charge in [0.2, 0.25) is 15.9 Å². The molecule has 1 heterocycles. The van der Waals surface area contributed by atoms with Gasteiger partial charge in [-0.3, -0.25) is 4.79 Å². The number of carbonyl (C=O) groups excluding carboxylic acids is 1. The second-order valence-corrected chi connectivity index (χ2v) is 10.5. The van der Waals surface area contributed by atoms with Crippen LogP contribution in [0.15, 0.2) is 41.8 Å². The van der Waals surface area contributed by atoms with Gasteiger partial charge in [-0.1, -0.05) is 37.5 Å². The molecule has 1 saturated carbocycles. The minimum atomic E-state index is -3.49. The number of sulfonamides is 1. The van der Waals surface area contributed by atoms with E-state index in [9.17, 15) is 17.6 Å². The molecule has 0 spiro atoms. The molecule has 1 aromatic heterocycles. The summed E-state index contributed by atoms with van der Waals surface area (Å²) in [6.07, 6.45) is 5.85. The van der Waals surface area contributed by atoms with Gasteiger partial charge in [0.05, 0.1) is 19.3 Å². The van der Waals surface area contributed by atoms with Gasteiger partial charge in [-0.2, -0.15) is 4.31 Å². The molecule has 0 bridgehead atoms. The molecule has 1 aromatic carbocycles. The molecule has 1 amide bonds. The number of hydrogen-bond acceptors (Lipinski definition) is 4. The summed E-state index contributed by atoms with van der Waals surface area (Å²) in [7, 11) is -3.49. The number of amides is 1. The van der Waals surface area contributed by atoms with Crippen molar-refractivity contribution < 1.29 is 17.6 Å². The van der Waals surface area contributed by atoms with Gasteiger partial charge in [0.25, 0.3) is 0 Å². The van der Waals surface area contributed by atoms with Gasteiger partial charge in [-0.05, 0) is 42.0 Å². The number of hydrogen-bond donors (Lipinski definition) is 0. The summed E-state index contributed by atoms with van der Waals surface area (Å²) < 4.78 is 39.5. The molecule has 0 N–H and O–H groups in total. The Bertz CT molecular complexity index is 893. The number of rotatable bonds is 8. The van der Waals surface area contributed by atoms with Crippen LogP contribution in [-0.2, 0) is 27.9 Å². The van der Waals surface area contributed by atoms with E-state index < -0.39 is 10.0 Å². The maximum absolute atomic E-state index is 13.2. The first-order chi connectivity index (χ1) is 13.8. The minimum absolute atomic E-state index is 0.114. The Hall–Kier alpha value is -1.77. The summed E-state index contributed by atoms with van der Waals surface area (Å²) in [4.78, 5) is 15.9. The lowest BCUT2D eigenvalue weighted by molar-refractivity contribution is -0.133. The first-order valence-electron chi connectivity index (χ1n) is 9.84. The number of nitrogens with zero attached hydrogens (tertiary/aromatic N) is 2. The van der Waals surface area contributed by atoms with Crippen LogP contribution in [0.3, 0.4) is 0 Å². The van der Waals surface area contributed by atoms with Crippen LogP contribution in [0.1, 0.15) is 42.5 Å². The van der Waals surface area contributed by atoms with Gasteiger partial charge >= 0.3 is 0 Å². The molecule has 1 fully saturated rings. The first-order valence-corrected chi connectivity index (χ1v) is 12.6. The van der Waals surface area contributed by atoms with Gasteiger partial charge in [-0.15, -0.1) is 11.3 Å². The lowest BCUT2D eigenvalue weighted by Gasteiger charge is -2.33. The van der Waals surface area contributed by atoms with Crippen LogP contribution in [0.5, 0.6) is 0 Å². The number of benzene rings is 1. The molecule has 2 aromatic rings. The van der Waals surface area contributed by atoms with Gasteiger partial charge in [0.1, 0.15) is 5.82 Å². The maximum atomic E-state index is 13.2. The molecule has 3 rings (SSSR count). The van der Waals surface area contributed by atoms with Crippen molar-refractivity contribution in [1.29, 1.82) is 0 Å². The largest absolute Gasteiger partial charge is 0.332 e. The van der Waals surface area contributed by atoms with E-state index in [1.807, 2.05) is 17.5 Å². The van der Waals surface area contributed by atoms with Crippen LogP contribution in [0.4, 0.5) is 4.39 Å². The zero-order chi connectivity index (χ0) is 20.9. The van der Waals surface area contributed by atoms with E-state index in [0.29, 0.717) is 13.1 Å². The summed E-state index contributed by atoms with van der Waals surface area (Å²) in [5.41, 5.74) is 0.805. The van der Waals surface area contributed by atoms with E-state index in [2.05, 4.69) is 0 Å². The van der Waals surface area contributed by atoms with Crippen molar-refractivity contribution in [3.05, 3.63) is 58.0 Å². The van der Waals surface area contributed by atoms with E-state index >= 15 is 0 Å². The summed E-state index contributed by atoms with van der Waals surface area (Å²) in [5.74, 6) is -0.566. The highest BCUT2D eigenvalue weighted by atomic mass is 32.2. The Labute approximate surface area is 176 Å². The Balaban J connectivity index is 1.78. The second-order valence-electron chi connectivity index (χ2n) is 7.56. The van der Waals surface area contributed by atoms with Crippen molar-refractivity contribution in [3.8, 4) is 0 Å². The number of carbonyl (C=O) groups is 1. The van der Waals surface area contributed by atoms with Crippen molar-refractivity contribution >= 4 is 27.3 Å². The number of halogens is 1. The van der Waals surface area contributed by atoms with Crippen LogP contribution in [0.2, 0.25) is 0 Å². The molecular weight excluding hydrogens is 411 g/mol. The van der Waals surface area contributed by atoms with Crippen LogP contribution in [0, 0.1) is 5.82 Å². The molecule has 0 saturated heterocycles. The van der Waals surface area contributed by atoms with E-state index in [-0.39, 0.29) is 24.3 Å². The van der Waals surface area contributed by atoms with E-state index in [0.717, 1.165) is 42.5 Å². The van der Waals surface area contributed by atoms with Crippen molar-refractivity contribution in [2.45, 2.75) is 51.2 Å². The SMILES string of the molecule is CS(=O)(=O)N(CC(=O)N(Cc1ccc(F)cc1)Cc1cccs1)C1CCCCC1. The van der Waals surface area contributed by atoms with Crippen molar-refractivity contribution in [1.82, 2.24) is 9.21 Å². The molecule has 0 unspecified atom stereocenters. The van der Waals surface area contributed by atoms with E-state index in [1.54, 1.807) is 28.4 Å². The average molecular weight is 439 g/mol. The standard InChI is InChI=1S/C21H27FN2O3S2/c1-29(26,27)24(19-6-3-2-4-7-19)16-21(25)23(15-20-8-5-13-28-20)14-17-9-11-18(22)12-10-17/h5,8-13,19H,2-4,6-7,14-16H2,1H3. The number of thiophene rings is 1. The molecular formula is C21H27FN2O3S2. The van der Waals surface area contributed by atoms with Crippen LogP contribution >= 0.6 is 11.3 Å². The summed E-state index contributed by atoms with van der Waals surface area (Å²) >= 11 is 1.55. The first kappa shape index (κ1) is 21.9. The highest BCUT2D eigenvalue weighted by molar-refractivity contribution is 7.88. The summed E-state index contributed by atoms with van der Waals surface area (Å²) in [5, 5.41) is 1.95. The third-order valence-corrected chi connectivity index (χ3v) is 7.41. The monoisotopic (exact) mass is 438 g/mol. The van der Waals surface area contributed by atoms with Crippen molar-refractivity contribution in [3.63, 3.8) is 0 Å². The normalized spacial score (nSPS) is 15.6. The topological polar surface area (TPSA) is 57.7 Å². The Morgan fingerprint density at radius 3 is 2.38 bits per heavy atom. The minimum Gasteiger partial charge on any atom is -0.332 e. The van der Waals surface area contributed by atoms with Gasteiger partial charge in [-0.25, -0.2) is 12.8 Å². The molecule has 158 valence electrons. The van der Waals surface area contributed by atoms with Crippen molar-refractivity contribution in [2.75, 3.05) is 12.8 Å². The maximum Gasteiger partial charge on any atom is 0.238 e. The van der Waals surface area contributed by atoms with Crippen LogP contribution in [-0.4, -0.2) is 42.4 Å². The molecule has 0 radical (unpaired) electrons. The smallest absolute Gasteiger partial charge is 0.238 e. The zero-order valence-corrected chi connectivity index (χ0v) is 18.2. The molecule has 0 atom stereocenters. The lowest BCUT2D eigenvalue weighted by Crippen LogP contribution is -2.47. The molecule has 5 nitrogen and oxygen atoms in total. The highest BCUT2D eigenvalue weighted by Crippen LogP contribution is 2.25. The second kappa shape index (κ2) is 9.82. The van der Waals surface area contributed by atoms with Crippen LogP contribution in [0.25, 0.3) is 0 Å². The zero-order valence-electron chi connectivity index (χ0n) is 16.6. The lowest BCUT2D eigenvalue weighted by atomic mass is 9.95. The van der Waals surface area contributed by atoms with Gasteiger partial charge in [0, 0.05) is 17.5 Å². The molecule has 0 aliphatic heterocycles. The predicted molar refractivity (Wildman–Crippen MR) is 113 cm³/mol. The Kier molecular flexibility index (Phi) is 7.43. The Morgan fingerprint density at radius 2 is 1.79 bits per heavy atom. The summed E-state index contributed by atoms with van der Waals surface area (Å²) in [6.45, 7) is 0.547.